The standard InChI is InChI=1S/C18H16F2N2O2/c1-11(2)24-18(23)17-13-8-14(19)15(20)9-16(13)21-22(17)10-12-6-4-3-5-7-12/h3-9,11H,10H2,1-2H3. The molecule has 0 aliphatic rings. The van der Waals surface area contributed by atoms with Gasteiger partial charge in [0.15, 0.2) is 17.3 Å². The average Bonchev–Trinajstić information content (AvgIpc) is 2.85. The van der Waals surface area contributed by atoms with Crippen LogP contribution in [0.15, 0.2) is 42.5 Å². The van der Waals surface area contributed by atoms with Crippen molar-refractivity contribution in [2.24, 2.45) is 0 Å². The van der Waals surface area contributed by atoms with Crippen LogP contribution < -0.4 is 0 Å². The highest BCUT2D eigenvalue weighted by atomic mass is 19.2. The summed E-state index contributed by atoms with van der Waals surface area (Å²) < 4.78 is 33.8. The first-order valence-electron chi connectivity index (χ1n) is 7.56. The molecule has 0 amide bonds. The Labute approximate surface area is 137 Å². The normalized spacial score (nSPS) is 11.2. The van der Waals surface area contributed by atoms with Crippen molar-refractivity contribution < 1.29 is 18.3 Å². The van der Waals surface area contributed by atoms with Crippen LogP contribution in [0.2, 0.25) is 0 Å². The number of aromatic nitrogens is 2. The van der Waals surface area contributed by atoms with Crippen molar-refractivity contribution in [3.8, 4) is 0 Å². The van der Waals surface area contributed by atoms with Crippen molar-refractivity contribution in [3.05, 3.63) is 65.4 Å². The Morgan fingerprint density at radius 1 is 1.17 bits per heavy atom. The Morgan fingerprint density at radius 2 is 1.83 bits per heavy atom. The van der Waals surface area contributed by atoms with Gasteiger partial charge in [0.1, 0.15) is 0 Å². The van der Waals surface area contributed by atoms with E-state index in [2.05, 4.69) is 5.10 Å². The number of nitrogens with zero attached hydrogens (tertiary/aromatic N) is 2. The van der Waals surface area contributed by atoms with E-state index in [1.165, 1.54) is 4.68 Å². The van der Waals surface area contributed by atoms with E-state index >= 15 is 0 Å². The number of carbonyl (C=O) groups excluding carboxylic acids is 1. The third-order valence-corrected chi connectivity index (χ3v) is 3.49. The number of esters is 1. The van der Waals surface area contributed by atoms with E-state index in [9.17, 15) is 13.6 Å². The Kier molecular flexibility index (Phi) is 4.29. The second kappa shape index (κ2) is 6.39. The zero-order chi connectivity index (χ0) is 17.3. The van der Waals surface area contributed by atoms with Gasteiger partial charge in [-0.25, -0.2) is 13.6 Å². The highest BCUT2D eigenvalue weighted by Crippen LogP contribution is 2.24. The summed E-state index contributed by atoms with van der Waals surface area (Å²) in [5.41, 5.74) is 1.23. The quantitative estimate of drug-likeness (QED) is 0.681. The van der Waals surface area contributed by atoms with Crippen LogP contribution in [0.4, 0.5) is 8.78 Å². The van der Waals surface area contributed by atoms with E-state index in [0.29, 0.717) is 6.54 Å². The number of hydrogen-bond donors (Lipinski definition) is 0. The molecule has 24 heavy (non-hydrogen) atoms. The minimum absolute atomic E-state index is 0.112. The minimum Gasteiger partial charge on any atom is -0.458 e. The molecular weight excluding hydrogens is 314 g/mol. The van der Waals surface area contributed by atoms with Crippen molar-refractivity contribution in [1.29, 1.82) is 0 Å². The van der Waals surface area contributed by atoms with E-state index in [0.717, 1.165) is 17.7 Å². The fourth-order valence-corrected chi connectivity index (χ4v) is 2.48. The maximum atomic E-state index is 13.6. The summed E-state index contributed by atoms with van der Waals surface area (Å²) in [7, 11) is 0. The molecule has 1 heterocycles. The predicted molar refractivity (Wildman–Crippen MR) is 85.7 cm³/mol. The lowest BCUT2D eigenvalue weighted by Crippen LogP contribution is -2.17. The predicted octanol–water partition coefficient (Wildman–Crippen LogP) is 3.93. The summed E-state index contributed by atoms with van der Waals surface area (Å²) in [6.07, 6.45) is -0.335. The van der Waals surface area contributed by atoms with E-state index in [1.54, 1.807) is 13.8 Å². The molecule has 4 nitrogen and oxygen atoms in total. The average molecular weight is 330 g/mol. The van der Waals surface area contributed by atoms with Gasteiger partial charge in [0.05, 0.1) is 18.2 Å². The topological polar surface area (TPSA) is 44.1 Å². The van der Waals surface area contributed by atoms with Gasteiger partial charge < -0.3 is 4.74 Å². The SMILES string of the molecule is CC(C)OC(=O)c1c2cc(F)c(F)cc2nn1Cc1ccccc1. The van der Waals surface area contributed by atoms with Crippen molar-refractivity contribution in [3.63, 3.8) is 0 Å². The van der Waals surface area contributed by atoms with Gasteiger partial charge in [-0.3, -0.25) is 4.68 Å². The maximum Gasteiger partial charge on any atom is 0.357 e. The van der Waals surface area contributed by atoms with Gasteiger partial charge in [-0.15, -0.1) is 0 Å². The van der Waals surface area contributed by atoms with E-state index in [1.807, 2.05) is 30.3 Å². The van der Waals surface area contributed by atoms with E-state index in [4.69, 9.17) is 4.74 Å². The highest BCUT2D eigenvalue weighted by Gasteiger charge is 2.22. The lowest BCUT2D eigenvalue weighted by atomic mass is 10.2. The molecule has 124 valence electrons. The number of benzene rings is 2. The lowest BCUT2D eigenvalue weighted by molar-refractivity contribution is 0.0366. The minimum atomic E-state index is -1.03. The van der Waals surface area contributed by atoms with Crippen LogP contribution in [0.5, 0.6) is 0 Å². The Hall–Kier alpha value is -2.76. The second-order valence-electron chi connectivity index (χ2n) is 5.73. The number of ether oxygens (including phenoxy) is 1. The Bertz CT molecular complexity index is 889. The van der Waals surface area contributed by atoms with E-state index < -0.39 is 17.6 Å². The molecule has 0 aliphatic heterocycles. The number of fused-ring (bicyclic) bond motifs is 1. The molecule has 0 saturated heterocycles. The van der Waals surface area contributed by atoms with Gasteiger partial charge in [-0.05, 0) is 25.5 Å². The van der Waals surface area contributed by atoms with Gasteiger partial charge in [0, 0.05) is 11.5 Å². The van der Waals surface area contributed by atoms with Crippen molar-refractivity contribution >= 4 is 16.9 Å². The summed E-state index contributed by atoms with van der Waals surface area (Å²) in [6, 6.07) is 11.3. The molecule has 0 N–H and O–H groups in total. The number of rotatable bonds is 4. The van der Waals surface area contributed by atoms with Crippen molar-refractivity contribution in [2.45, 2.75) is 26.5 Å². The molecule has 0 atom stereocenters. The molecule has 0 aliphatic carbocycles. The molecule has 3 aromatic rings. The van der Waals surface area contributed by atoms with E-state index in [-0.39, 0.29) is 22.7 Å². The molecule has 0 unspecified atom stereocenters. The molecule has 0 bridgehead atoms. The van der Waals surface area contributed by atoms with Crippen LogP contribution >= 0.6 is 0 Å². The zero-order valence-corrected chi connectivity index (χ0v) is 13.3. The smallest absolute Gasteiger partial charge is 0.357 e. The van der Waals surface area contributed by atoms with Crippen LogP contribution in [0, 0.1) is 11.6 Å². The van der Waals surface area contributed by atoms with Crippen LogP contribution in [-0.2, 0) is 11.3 Å². The monoisotopic (exact) mass is 330 g/mol. The molecule has 0 radical (unpaired) electrons. The van der Waals surface area contributed by atoms with Gasteiger partial charge in [0.2, 0.25) is 0 Å². The Balaban J connectivity index is 2.14. The third kappa shape index (κ3) is 3.13. The second-order valence-corrected chi connectivity index (χ2v) is 5.73. The van der Waals surface area contributed by atoms with Crippen molar-refractivity contribution in [2.75, 3.05) is 0 Å². The zero-order valence-electron chi connectivity index (χ0n) is 13.3. The first-order chi connectivity index (χ1) is 11.5. The summed E-state index contributed by atoms with van der Waals surface area (Å²) in [6.45, 7) is 3.73. The van der Waals surface area contributed by atoms with Crippen LogP contribution in [0.25, 0.3) is 10.9 Å². The number of carbonyl (C=O) groups is 1. The molecule has 1 aromatic heterocycles. The lowest BCUT2D eigenvalue weighted by Gasteiger charge is -2.10. The highest BCUT2D eigenvalue weighted by molar-refractivity contribution is 6.02. The molecule has 6 heteroatoms. The number of hydrogen-bond acceptors (Lipinski definition) is 3. The van der Waals surface area contributed by atoms with Crippen LogP contribution in [-0.4, -0.2) is 21.9 Å². The maximum absolute atomic E-state index is 13.6. The van der Waals surface area contributed by atoms with Gasteiger partial charge in [0.25, 0.3) is 0 Å². The Morgan fingerprint density at radius 3 is 2.50 bits per heavy atom. The van der Waals surface area contributed by atoms with Gasteiger partial charge in [-0.2, -0.15) is 5.10 Å². The molecule has 3 rings (SSSR count). The molecule has 0 saturated carbocycles. The molecule has 2 aromatic carbocycles. The summed E-state index contributed by atoms with van der Waals surface area (Å²) in [5, 5.41) is 4.48. The fourth-order valence-electron chi connectivity index (χ4n) is 2.48. The number of halogens is 2. The summed E-state index contributed by atoms with van der Waals surface area (Å²) >= 11 is 0. The first kappa shape index (κ1) is 16.1. The largest absolute Gasteiger partial charge is 0.458 e. The summed E-state index contributed by atoms with van der Waals surface area (Å²) in [4.78, 5) is 12.4. The molecule has 0 fully saturated rings. The van der Waals surface area contributed by atoms with Crippen molar-refractivity contribution in [1.82, 2.24) is 9.78 Å². The van der Waals surface area contributed by atoms with Crippen LogP contribution in [0.1, 0.15) is 29.9 Å². The molecular formula is C18H16F2N2O2. The summed E-state index contributed by atoms with van der Waals surface area (Å²) in [5.74, 6) is -2.65. The van der Waals surface area contributed by atoms with Gasteiger partial charge in [-0.1, -0.05) is 30.3 Å². The van der Waals surface area contributed by atoms with Crippen LogP contribution in [0.3, 0.4) is 0 Å². The fraction of sp³-hybridized carbons (Fsp3) is 0.222. The molecule has 0 spiro atoms. The van der Waals surface area contributed by atoms with Gasteiger partial charge >= 0.3 is 5.97 Å². The first-order valence-corrected chi connectivity index (χ1v) is 7.56. The third-order valence-electron chi connectivity index (χ3n) is 3.49.